The standard InChI is InChI=1S/C15H12FN3O4S/c16-11-4-6-13(7-5-11)24-9-14(20)17-18-15(21)10-2-1-3-12(8-10)19(22)23/h1-8H,9H2,(H,17,20)(H,18,21). The summed E-state index contributed by atoms with van der Waals surface area (Å²) in [5, 5.41) is 10.7. The molecule has 2 aromatic rings. The molecule has 0 saturated heterocycles. The number of halogens is 1. The Morgan fingerprint density at radius 1 is 1.12 bits per heavy atom. The van der Waals surface area contributed by atoms with E-state index in [9.17, 15) is 24.1 Å². The lowest BCUT2D eigenvalue weighted by Gasteiger charge is -2.07. The summed E-state index contributed by atoms with van der Waals surface area (Å²) in [6.45, 7) is 0. The number of nitrogens with one attached hydrogen (secondary N) is 2. The van der Waals surface area contributed by atoms with E-state index < -0.39 is 16.7 Å². The van der Waals surface area contributed by atoms with E-state index in [1.54, 1.807) is 0 Å². The SMILES string of the molecule is O=C(CSc1ccc(F)cc1)NNC(=O)c1cccc([N+](=O)[O-])c1. The number of nitro benzene ring substituents is 1. The van der Waals surface area contributed by atoms with Crippen molar-refractivity contribution in [3.63, 3.8) is 0 Å². The van der Waals surface area contributed by atoms with Crippen LogP contribution in [0.1, 0.15) is 10.4 Å². The zero-order chi connectivity index (χ0) is 17.5. The van der Waals surface area contributed by atoms with Gasteiger partial charge in [0.1, 0.15) is 5.82 Å². The Balaban J connectivity index is 1.82. The van der Waals surface area contributed by atoms with Crippen molar-refractivity contribution in [3.05, 3.63) is 70.0 Å². The maximum atomic E-state index is 12.8. The van der Waals surface area contributed by atoms with Crippen molar-refractivity contribution in [2.75, 3.05) is 5.75 Å². The third-order valence-corrected chi connectivity index (χ3v) is 3.83. The Morgan fingerprint density at radius 3 is 2.50 bits per heavy atom. The van der Waals surface area contributed by atoms with Gasteiger partial charge in [-0.2, -0.15) is 0 Å². The molecular weight excluding hydrogens is 337 g/mol. The summed E-state index contributed by atoms with van der Waals surface area (Å²) in [6.07, 6.45) is 0. The molecule has 0 radical (unpaired) electrons. The van der Waals surface area contributed by atoms with Crippen molar-refractivity contribution in [2.45, 2.75) is 4.90 Å². The van der Waals surface area contributed by atoms with Gasteiger partial charge >= 0.3 is 0 Å². The van der Waals surface area contributed by atoms with Gasteiger partial charge in [0.25, 0.3) is 11.6 Å². The van der Waals surface area contributed by atoms with Crippen LogP contribution in [0.3, 0.4) is 0 Å². The highest BCUT2D eigenvalue weighted by atomic mass is 32.2. The van der Waals surface area contributed by atoms with Gasteiger partial charge in [0, 0.05) is 22.6 Å². The summed E-state index contributed by atoms with van der Waals surface area (Å²) in [5.41, 5.74) is 4.21. The van der Waals surface area contributed by atoms with Gasteiger partial charge in [-0.15, -0.1) is 11.8 Å². The second kappa shape index (κ2) is 8.06. The molecule has 0 aliphatic rings. The lowest BCUT2D eigenvalue weighted by Crippen LogP contribution is -2.42. The first kappa shape index (κ1) is 17.4. The number of rotatable bonds is 5. The van der Waals surface area contributed by atoms with Crippen LogP contribution in [-0.2, 0) is 4.79 Å². The molecule has 0 heterocycles. The van der Waals surface area contributed by atoms with Gasteiger partial charge in [0.05, 0.1) is 10.7 Å². The maximum Gasteiger partial charge on any atom is 0.270 e. The number of thioether (sulfide) groups is 1. The third-order valence-electron chi connectivity index (χ3n) is 2.82. The average molecular weight is 349 g/mol. The molecule has 0 bridgehead atoms. The maximum absolute atomic E-state index is 12.8. The first-order valence-electron chi connectivity index (χ1n) is 6.68. The molecule has 2 rings (SSSR count). The molecular formula is C15H12FN3O4S. The summed E-state index contributed by atoms with van der Waals surface area (Å²) < 4.78 is 12.8. The van der Waals surface area contributed by atoms with Crippen LogP contribution < -0.4 is 10.9 Å². The minimum atomic E-state index is -0.668. The van der Waals surface area contributed by atoms with Crippen molar-refractivity contribution in [1.29, 1.82) is 0 Å². The number of hydrogen-bond acceptors (Lipinski definition) is 5. The highest BCUT2D eigenvalue weighted by molar-refractivity contribution is 8.00. The third kappa shape index (κ3) is 5.06. The highest BCUT2D eigenvalue weighted by Crippen LogP contribution is 2.17. The van der Waals surface area contributed by atoms with E-state index in [1.165, 1.54) is 54.2 Å². The molecule has 0 saturated carbocycles. The fourth-order valence-corrected chi connectivity index (χ4v) is 2.37. The molecule has 7 nitrogen and oxygen atoms in total. The van der Waals surface area contributed by atoms with Crippen LogP contribution in [-0.4, -0.2) is 22.5 Å². The summed E-state index contributed by atoms with van der Waals surface area (Å²) in [4.78, 5) is 34.3. The zero-order valence-electron chi connectivity index (χ0n) is 12.2. The Hall–Kier alpha value is -2.94. The number of nitro groups is 1. The van der Waals surface area contributed by atoms with Gasteiger partial charge in [0.15, 0.2) is 0 Å². The first-order chi connectivity index (χ1) is 11.5. The Morgan fingerprint density at radius 2 is 1.83 bits per heavy atom. The predicted octanol–water partition coefficient (Wildman–Crippen LogP) is 2.29. The van der Waals surface area contributed by atoms with Gasteiger partial charge in [-0.25, -0.2) is 4.39 Å². The molecule has 0 unspecified atom stereocenters. The number of hydrogen-bond donors (Lipinski definition) is 2. The molecule has 2 amide bonds. The lowest BCUT2D eigenvalue weighted by atomic mass is 10.2. The van der Waals surface area contributed by atoms with Crippen molar-refractivity contribution in [1.82, 2.24) is 10.9 Å². The summed E-state index contributed by atoms with van der Waals surface area (Å²) >= 11 is 1.17. The van der Waals surface area contributed by atoms with E-state index >= 15 is 0 Å². The zero-order valence-corrected chi connectivity index (χ0v) is 13.0. The van der Waals surface area contributed by atoms with E-state index in [1.807, 2.05) is 0 Å². The fourth-order valence-electron chi connectivity index (χ4n) is 1.68. The Labute approximate surface area is 140 Å². The van der Waals surface area contributed by atoms with Crippen LogP contribution in [0.2, 0.25) is 0 Å². The largest absolute Gasteiger partial charge is 0.272 e. The molecule has 0 aromatic heterocycles. The number of amides is 2. The van der Waals surface area contributed by atoms with Crippen LogP contribution in [0.15, 0.2) is 53.4 Å². The monoisotopic (exact) mass is 349 g/mol. The van der Waals surface area contributed by atoms with E-state index in [-0.39, 0.29) is 22.8 Å². The Bertz CT molecular complexity index is 768. The van der Waals surface area contributed by atoms with E-state index in [4.69, 9.17) is 0 Å². The summed E-state index contributed by atoms with van der Waals surface area (Å²) in [6, 6.07) is 10.8. The highest BCUT2D eigenvalue weighted by Gasteiger charge is 2.12. The number of carbonyl (C=O) groups excluding carboxylic acids is 2. The van der Waals surface area contributed by atoms with Gasteiger partial charge in [-0.1, -0.05) is 6.07 Å². The molecule has 124 valence electrons. The van der Waals surface area contributed by atoms with Crippen LogP contribution in [0.4, 0.5) is 10.1 Å². The van der Waals surface area contributed by atoms with Gasteiger partial charge < -0.3 is 0 Å². The fraction of sp³-hybridized carbons (Fsp3) is 0.0667. The molecule has 0 aliphatic carbocycles. The molecule has 24 heavy (non-hydrogen) atoms. The van der Waals surface area contributed by atoms with E-state index in [0.29, 0.717) is 4.90 Å². The molecule has 0 aliphatic heterocycles. The number of non-ortho nitro benzene ring substituents is 1. The summed E-state index contributed by atoms with van der Waals surface area (Å²) in [5.74, 6) is -1.49. The van der Waals surface area contributed by atoms with Crippen LogP contribution >= 0.6 is 11.8 Å². The molecule has 2 aromatic carbocycles. The second-order valence-corrected chi connectivity index (χ2v) is 5.60. The minimum Gasteiger partial charge on any atom is -0.272 e. The topological polar surface area (TPSA) is 101 Å². The van der Waals surface area contributed by atoms with Gasteiger partial charge in [-0.05, 0) is 30.3 Å². The van der Waals surface area contributed by atoms with Gasteiger partial charge in [0.2, 0.25) is 5.91 Å². The predicted molar refractivity (Wildman–Crippen MR) is 85.8 cm³/mol. The number of benzene rings is 2. The number of hydrazine groups is 1. The van der Waals surface area contributed by atoms with Crippen LogP contribution in [0, 0.1) is 15.9 Å². The van der Waals surface area contributed by atoms with Gasteiger partial charge in [-0.3, -0.25) is 30.6 Å². The van der Waals surface area contributed by atoms with Crippen LogP contribution in [0.5, 0.6) is 0 Å². The molecule has 9 heteroatoms. The van der Waals surface area contributed by atoms with Crippen molar-refractivity contribution < 1.29 is 18.9 Å². The first-order valence-corrected chi connectivity index (χ1v) is 7.66. The smallest absolute Gasteiger partial charge is 0.270 e. The molecule has 0 spiro atoms. The average Bonchev–Trinajstić information content (AvgIpc) is 2.59. The normalized spacial score (nSPS) is 10.0. The Kier molecular flexibility index (Phi) is 5.85. The molecule has 0 fully saturated rings. The van der Waals surface area contributed by atoms with Crippen molar-refractivity contribution in [2.24, 2.45) is 0 Å². The number of carbonyl (C=O) groups is 2. The lowest BCUT2D eigenvalue weighted by molar-refractivity contribution is -0.384. The quantitative estimate of drug-likeness (QED) is 0.490. The molecule has 0 atom stereocenters. The summed E-state index contributed by atoms with van der Waals surface area (Å²) in [7, 11) is 0. The van der Waals surface area contributed by atoms with Crippen molar-refractivity contribution in [3.8, 4) is 0 Å². The molecule has 2 N–H and O–H groups in total. The van der Waals surface area contributed by atoms with Crippen LogP contribution in [0.25, 0.3) is 0 Å². The van der Waals surface area contributed by atoms with E-state index in [0.717, 1.165) is 6.07 Å². The van der Waals surface area contributed by atoms with Crippen molar-refractivity contribution >= 4 is 29.3 Å². The van der Waals surface area contributed by atoms with E-state index in [2.05, 4.69) is 10.9 Å². The minimum absolute atomic E-state index is 0.0147. The number of nitrogens with zero attached hydrogens (tertiary/aromatic N) is 1. The second-order valence-electron chi connectivity index (χ2n) is 4.55.